The predicted molar refractivity (Wildman–Crippen MR) is 80.5 cm³/mol. The quantitative estimate of drug-likeness (QED) is 0.792. The summed E-state index contributed by atoms with van der Waals surface area (Å²) < 4.78 is 0. The van der Waals surface area contributed by atoms with Crippen molar-refractivity contribution >= 4 is 55.0 Å². The summed E-state index contributed by atoms with van der Waals surface area (Å²) >= 11 is 6.37. The Bertz CT molecular complexity index is 389. The molecule has 0 bridgehead atoms. The molecule has 6 heteroatoms. The predicted octanol–water partition coefficient (Wildman–Crippen LogP) is 3.13. The van der Waals surface area contributed by atoms with Crippen molar-refractivity contribution < 1.29 is 9.59 Å². The summed E-state index contributed by atoms with van der Waals surface area (Å²) in [5.41, 5.74) is 1.38. The first-order chi connectivity index (χ1) is 8.40. The molecule has 4 nitrogen and oxygen atoms in total. The molecule has 0 heterocycles. The lowest BCUT2D eigenvalue weighted by atomic mass is 10.2. The van der Waals surface area contributed by atoms with E-state index >= 15 is 0 Å². The Hall–Kier alpha value is -0.880. The second-order valence-corrected chi connectivity index (χ2v) is 6.53. The molecule has 1 aromatic carbocycles. The van der Waals surface area contributed by atoms with Crippen molar-refractivity contribution in [2.24, 2.45) is 0 Å². The Balaban J connectivity index is 2.63. The number of anilines is 2. The lowest BCUT2D eigenvalue weighted by molar-refractivity contribution is -0.116. The van der Waals surface area contributed by atoms with Crippen LogP contribution in [0.15, 0.2) is 24.3 Å². The molecule has 0 saturated carbocycles. The molecule has 0 spiro atoms. The number of halogens is 2. The van der Waals surface area contributed by atoms with Gasteiger partial charge in [-0.2, -0.15) is 0 Å². The van der Waals surface area contributed by atoms with Crippen molar-refractivity contribution in [1.29, 1.82) is 0 Å². The molecular formula is C12H14Br2N2O2. The van der Waals surface area contributed by atoms with Crippen LogP contribution >= 0.6 is 31.9 Å². The van der Waals surface area contributed by atoms with E-state index in [1.165, 1.54) is 0 Å². The smallest absolute Gasteiger partial charge is 0.237 e. The topological polar surface area (TPSA) is 58.2 Å². The normalized spacial score (nSPS) is 13.6. The van der Waals surface area contributed by atoms with E-state index in [0.29, 0.717) is 11.4 Å². The molecule has 0 fully saturated rings. The maximum absolute atomic E-state index is 11.4. The molecule has 0 aliphatic rings. The fourth-order valence-electron chi connectivity index (χ4n) is 1.12. The van der Waals surface area contributed by atoms with Gasteiger partial charge in [0.1, 0.15) is 0 Å². The number of benzene rings is 1. The van der Waals surface area contributed by atoms with Crippen molar-refractivity contribution in [3.05, 3.63) is 24.3 Å². The van der Waals surface area contributed by atoms with Gasteiger partial charge in [0, 0.05) is 11.4 Å². The van der Waals surface area contributed by atoms with Gasteiger partial charge < -0.3 is 10.6 Å². The summed E-state index contributed by atoms with van der Waals surface area (Å²) in [6.45, 7) is 3.50. The average Bonchev–Trinajstić information content (AvgIpc) is 2.31. The Kier molecular flexibility index (Phi) is 5.81. The van der Waals surface area contributed by atoms with Crippen LogP contribution in [0, 0.1) is 0 Å². The lowest BCUT2D eigenvalue weighted by Gasteiger charge is -2.09. The maximum Gasteiger partial charge on any atom is 0.237 e. The molecular weight excluding hydrogens is 364 g/mol. The highest BCUT2D eigenvalue weighted by atomic mass is 79.9. The number of rotatable bonds is 4. The fraction of sp³-hybridized carbons (Fsp3) is 0.333. The van der Waals surface area contributed by atoms with Crippen molar-refractivity contribution in [1.82, 2.24) is 0 Å². The first kappa shape index (κ1) is 15.2. The second-order valence-electron chi connectivity index (χ2n) is 3.79. The first-order valence-electron chi connectivity index (χ1n) is 5.40. The Morgan fingerprint density at radius 1 is 0.889 bits per heavy atom. The van der Waals surface area contributed by atoms with Crippen LogP contribution in [0.1, 0.15) is 13.8 Å². The summed E-state index contributed by atoms with van der Waals surface area (Å²) in [5, 5.41) is 5.47. The third-order valence-corrected chi connectivity index (χ3v) is 2.97. The third kappa shape index (κ3) is 4.78. The van der Waals surface area contributed by atoms with Crippen LogP contribution in [0.3, 0.4) is 0 Å². The van der Waals surface area contributed by atoms with Crippen LogP contribution in [0.5, 0.6) is 0 Å². The molecule has 1 rings (SSSR count). The van der Waals surface area contributed by atoms with Gasteiger partial charge in [0.2, 0.25) is 11.8 Å². The van der Waals surface area contributed by atoms with Gasteiger partial charge >= 0.3 is 0 Å². The summed E-state index contributed by atoms with van der Waals surface area (Å²) in [4.78, 5) is 22.4. The molecule has 2 unspecified atom stereocenters. The Labute approximate surface area is 123 Å². The van der Waals surface area contributed by atoms with Gasteiger partial charge in [-0.05, 0) is 38.1 Å². The average molecular weight is 378 g/mol. The van der Waals surface area contributed by atoms with Gasteiger partial charge in [-0.3, -0.25) is 9.59 Å². The fourth-order valence-corrected chi connectivity index (χ4v) is 1.35. The highest BCUT2D eigenvalue weighted by molar-refractivity contribution is 9.10. The largest absolute Gasteiger partial charge is 0.325 e. The van der Waals surface area contributed by atoms with E-state index in [0.717, 1.165) is 0 Å². The van der Waals surface area contributed by atoms with Gasteiger partial charge in [-0.1, -0.05) is 31.9 Å². The number of carbonyl (C=O) groups excluding carboxylic acids is 2. The molecule has 98 valence electrons. The minimum absolute atomic E-state index is 0.110. The standard InChI is InChI=1S/C12H14Br2N2O2/c1-7(13)11(17)15-9-3-5-10(6-4-9)16-12(18)8(2)14/h3-8H,1-2H3,(H,15,17)(H,16,18). The molecule has 0 radical (unpaired) electrons. The maximum atomic E-state index is 11.4. The van der Waals surface area contributed by atoms with Crippen LogP contribution in [0.4, 0.5) is 11.4 Å². The highest BCUT2D eigenvalue weighted by Gasteiger charge is 2.10. The molecule has 0 aliphatic carbocycles. The van der Waals surface area contributed by atoms with E-state index < -0.39 is 0 Å². The molecule has 2 amide bonds. The first-order valence-corrected chi connectivity index (χ1v) is 7.23. The van der Waals surface area contributed by atoms with Crippen LogP contribution < -0.4 is 10.6 Å². The monoisotopic (exact) mass is 376 g/mol. The van der Waals surface area contributed by atoms with Gasteiger partial charge in [-0.25, -0.2) is 0 Å². The molecule has 2 atom stereocenters. The zero-order valence-electron chi connectivity index (χ0n) is 10.0. The Morgan fingerprint density at radius 3 is 1.39 bits per heavy atom. The number of nitrogens with one attached hydrogen (secondary N) is 2. The number of alkyl halides is 2. The number of carbonyl (C=O) groups is 2. The van der Waals surface area contributed by atoms with Crippen molar-refractivity contribution in [2.45, 2.75) is 23.5 Å². The van der Waals surface area contributed by atoms with Crippen LogP contribution in [0.2, 0.25) is 0 Å². The van der Waals surface area contributed by atoms with E-state index in [1.807, 2.05) is 0 Å². The van der Waals surface area contributed by atoms with Crippen molar-refractivity contribution in [3.8, 4) is 0 Å². The van der Waals surface area contributed by atoms with E-state index in [1.54, 1.807) is 38.1 Å². The van der Waals surface area contributed by atoms with E-state index in [2.05, 4.69) is 42.5 Å². The Morgan fingerprint density at radius 2 is 1.17 bits per heavy atom. The minimum Gasteiger partial charge on any atom is -0.325 e. The molecule has 18 heavy (non-hydrogen) atoms. The summed E-state index contributed by atoms with van der Waals surface area (Å²) in [5.74, 6) is -0.221. The molecule has 1 aromatic rings. The van der Waals surface area contributed by atoms with Gasteiger partial charge in [0.15, 0.2) is 0 Å². The summed E-state index contributed by atoms with van der Waals surface area (Å²) in [7, 11) is 0. The van der Waals surface area contributed by atoms with Crippen LogP contribution in [-0.4, -0.2) is 21.5 Å². The van der Waals surface area contributed by atoms with E-state index in [4.69, 9.17) is 0 Å². The number of hydrogen-bond acceptors (Lipinski definition) is 2. The molecule has 0 aliphatic heterocycles. The van der Waals surface area contributed by atoms with Crippen molar-refractivity contribution in [2.75, 3.05) is 10.6 Å². The van der Waals surface area contributed by atoms with Crippen molar-refractivity contribution in [3.63, 3.8) is 0 Å². The number of hydrogen-bond donors (Lipinski definition) is 2. The second kappa shape index (κ2) is 6.89. The van der Waals surface area contributed by atoms with E-state index in [9.17, 15) is 9.59 Å². The third-order valence-electron chi connectivity index (χ3n) is 2.14. The molecule has 0 aromatic heterocycles. The van der Waals surface area contributed by atoms with Crippen LogP contribution in [-0.2, 0) is 9.59 Å². The minimum atomic E-state index is -0.244. The summed E-state index contributed by atoms with van der Waals surface area (Å²) in [6.07, 6.45) is 0. The van der Waals surface area contributed by atoms with Gasteiger partial charge in [0.05, 0.1) is 9.65 Å². The number of amides is 2. The van der Waals surface area contributed by atoms with Gasteiger partial charge in [-0.15, -0.1) is 0 Å². The van der Waals surface area contributed by atoms with Crippen LogP contribution in [0.25, 0.3) is 0 Å². The molecule has 0 saturated heterocycles. The highest BCUT2D eigenvalue weighted by Crippen LogP contribution is 2.15. The lowest BCUT2D eigenvalue weighted by Crippen LogP contribution is -2.20. The zero-order chi connectivity index (χ0) is 13.7. The molecule has 2 N–H and O–H groups in total. The summed E-state index contributed by atoms with van der Waals surface area (Å²) in [6, 6.07) is 6.95. The zero-order valence-corrected chi connectivity index (χ0v) is 13.2. The SMILES string of the molecule is CC(Br)C(=O)Nc1ccc(NC(=O)C(C)Br)cc1. The van der Waals surface area contributed by atoms with E-state index in [-0.39, 0.29) is 21.5 Å². The van der Waals surface area contributed by atoms with Gasteiger partial charge in [0.25, 0.3) is 0 Å².